The number of H-pyrrole nitrogens is 2. The minimum atomic E-state index is -0.0131. The number of nitrogens with zero attached hydrogens (tertiary/aromatic N) is 1. The maximum Gasteiger partial charge on any atom is 0.204 e. The largest absolute Gasteiger partial charge is 0.383 e. The molecule has 0 unspecified atom stereocenters. The number of nitrogens with one attached hydrogen (secondary N) is 2. The fraction of sp³-hybridized carbons (Fsp3) is 0. The Bertz CT molecular complexity index is 805. The van der Waals surface area contributed by atoms with Crippen molar-refractivity contribution in [3.05, 3.63) is 29.6 Å². The number of hydrogen-bond acceptors (Lipinski definition) is 3. The predicted octanol–water partition coefficient (Wildman–Crippen LogP) is 2.20. The Hall–Kier alpha value is -0.840. The molecule has 2 heterocycles. The van der Waals surface area contributed by atoms with Gasteiger partial charge in [0, 0.05) is 9.77 Å². The highest BCUT2D eigenvalue weighted by Crippen LogP contribution is 2.26. The van der Waals surface area contributed by atoms with Crippen LogP contribution < -0.4 is 11.2 Å². The highest BCUT2D eigenvalue weighted by atomic mass is 127. The van der Waals surface area contributed by atoms with Gasteiger partial charge in [0.15, 0.2) is 0 Å². The molecule has 0 radical (unpaired) electrons. The summed E-state index contributed by atoms with van der Waals surface area (Å²) >= 11 is 4.18. The highest BCUT2D eigenvalue weighted by molar-refractivity contribution is 14.1. The van der Waals surface area contributed by atoms with Gasteiger partial charge in [0.05, 0.1) is 25.4 Å². The fourth-order valence-corrected chi connectivity index (χ4v) is 2.79. The van der Waals surface area contributed by atoms with E-state index in [0.29, 0.717) is 25.8 Å². The van der Waals surface area contributed by atoms with Gasteiger partial charge in [-0.15, -0.1) is 0 Å². The number of halogens is 2. The molecule has 0 fully saturated rings. The lowest BCUT2D eigenvalue weighted by Gasteiger charge is -2.03. The SMILES string of the molecule is Nc1nc2cc(I)c(I)c(=O)c2c2[nH][nH]cc12. The normalized spacial score (nSPS) is 11.4. The first-order valence-corrected chi connectivity index (χ1v) is 6.88. The van der Waals surface area contributed by atoms with Crippen LogP contribution in [0.25, 0.3) is 21.8 Å². The summed E-state index contributed by atoms with van der Waals surface area (Å²) in [7, 11) is 0. The van der Waals surface area contributed by atoms with Gasteiger partial charge >= 0.3 is 0 Å². The minimum absolute atomic E-state index is 0.0131. The van der Waals surface area contributed by atoms with Crippen LogP contribution in [0.2, 0.25) is 0 Å². The number of pyridine rings is 1. The van der Waals surface area contributed by atoms with Gasteiger partial charge in [-0.3, -0.25) is 9.89 Å². The summed E-state index contributed by atoms with van der Waals surface area (Å²) in [5, 5.41) is 7.11. The van der Waals surface area contributed by atoms with E-state index in [2.05, 4.69) is 60.4 Å². The van der Waals surface area contributed by atoms with Gasteiger partial charge in [-0.2, -0.15) is 0 Å². The average Bonchev–Trinajstić information content (AvgIpc) is 2.75. The molecule has 0 aliphatic rings. The molecular formula is C10H6I2N4O. The van der Waals surface area contributed by atoms with Crippen LogP contribution in [0.15, 0.2) is 17.1 Å². The van der Waals surface area contributed by atoms with Crippen LogP contribution in [-0.4, -0.2) is 15.2 Å². The first-order chi connectivity index (χ1) is 8.09. The molecule has 0 saturated heterocycles. The van der Waals surface area contributed by atoms with Crippen molar-refractivity contribution in [3.8, 4) is 0 Å². The number of aromatic nitrogens is 3. The summed E-state index contributed by atoms with van der Waals surface area (Å²) in [5.41, 5.74) is 7.17. The van der Waals surface area contributed by atoms with Crippen LogP contribution in [-0.2, 0) is 0 Å². The van der Waals surface area contributed by atoms with E-state index >= 15 is 0 Å². The Kier molecular flexibility index (Phi) is 2.54. The number of aromatic amines is 2. The third-order valence-electron chi connectivity index (χ3n) is 2.61. The molecule has 1 aromatic carbocycles. The number of anilines is 1. The minimum Gasteiger partial charge on any atom is -0.383 e. The Balaban J connectivity index is 2.71. The third-order valence-corrected chi connectivity index (χ3v) is 5.56. The monoisotopic (exact) mass is 452 g/mol. The van der Waals surface area contributed by atoms with Crippen LogP contribution in [0.3, 0.4) is 0 Å². The van der Waals surface area contributed by atoms with Crippen LogP contribution in [0.4, 0.5) is 5.82 Å². The molecule has 3 rings (SSSR count). The number of rotatable bonds is 0. The van der Waals surface area contributed by atoms with Gasteiger partial charge < -0.3 is 10.8 Å². The lowest BCUT2D eigenvalue weighted by atomic mass is 10.1. The number of benzene rings is 1. The second-order valence-corrected chi connectivity index (χ2v) is 5.84. The molecule has 3 aromatic rings. The van der Waals surface area contributed by atoms with E-state index < -0.39 is 0 Å². The first-order valence-electron chi connectivity index (χ1n) is 4.72. The van der Waals surface area contributed by atoms with Crippen molar-refractivity contribution < 1.29 is 0 Å². The molecule has 0 spiro atoms. The van der Waals surface area contributed by atoms with E-state index in [1.807, 2.05) is 6.07 Å². The molecule has 0 amide bonds. The molecule has 7 heteroatoms. The summed E-state index contributed by atoms with van der Waals surface area (Å²) in [4.78, 5) is 16.5. The molecule has 0 atom stereocenters. The van der Waals surface area contributed by atoms with Gasteiger partial charge in [-0.1, -0.05) is 0 Å². The summed E-state index contributed by atoms with van der Waals surface area (Å²) in [6.45, 7) is 0. The Morgan fingerprint density at radius 1 is 1.35 bits per heavy atom. The van der Waals surface area contributed by atoms with Crippen molar-refractivity contribution in [2.24, 2.45) is 0 Å². The van der Waals surface area contributed by atoms with Gasteiger partial charge in [-0.05, 0) is 51.2 Å². The molecule has 5 nitrogen and oxygen atoms in total. The van der Waals surface area contributed by atoms with Crippen LogP contribution in [0.5, 0.6) is 0 Å². The van der Waals surface area contributed by atoms with E-state index in [1.165, 1.54) is 0 Å². The number of hydrogen-bond donors (Lipinski definition) is 3. The van der Waals surface area contributed by atoms with E-state index in [1.54, 1.807) is 6.20 Å². The number of nitrogen functional groups attached to an aromatic ring is 1. The smallest absolute Gasteiger partial charge is 0.204 e. The van der Waals surface area contributed by atoms with Crippen molar-refractivity contribution >= 4 is 72.8 Å². The van der Waals surface area contributed by atoms with E-state index in [-0.39, 0.29) is 5.43 Å². The Labute approximate surface area is 122 Å². The predicted molar refractivity (Wildman–Crippen MR) is 84.1 cm³/mol. The van der Waals surface area contributed by atoms with Crippen molar-refractivity contribution in [2.75, 3.05) is 5.73 Å². The maximum atomic E-state index is 12.2. The van der Waals surface area contributed by atoms with E-state index in [4.69, 9.17) is 5.73 Å². The lowest BCUT2D eigenvalue weighted by Crippen LogP contribution is -2.09. The molecule has 86 valence electrons. The van der Waals surface area contributed by atoms with E-state index in [9.17, 15) is 4.79 Å². The summed E-state index contributed by atoms with van der Waals surface area (Å²) in [6.07, 6.45) is 1.71. The lowest BCUT2D eigenvalue weighted by molar-refractivity contribution is 1.12. The molecular weight excluding hydrogens is 446 g/mol. The summed E-state index contributed by atoms with van der Waals surface area (Å²) in [5.74, 6) is 0.418. The van der Waals surface area contributed by atoms with E-state index in [0.717, 1.165) is 8.96 Å². The Morgan fingerprint density at radius 3 is 2.88 bits per heavy atom. The van der Waals surface area contributed by atoms with Crippen molar-refractivity contribution in [3.63, 3.8) is 0 Å². The van der Waals surface area contributed by atoms with Crippen molar-refractivity contribution in [1.82, 2.24) is 15.2 Å². The van der Waals surface area contributed by atoms with Gasteiger partial charge in [0.1, 0.15) is 5.82 Å². The summed E-state index contributed by atoms with van der Waals surface area (Å²) in [6, 6.07) is 1.87. The third kappa shape index (κ3) is 1.55. The quantitative estimate of drug-likeness (QED) is 0.458. The topological polar surface area (TPSA) is 87.6 Å². The zero-order valence-corrected chi connectivity index (χ0v) is 12.7. The first kappa shape index (κ1) is 11.3. The molecule has 2 aromatic heterocycles. The molecule has 0 saturated carbocycles. The highest BCUT2D eigenvalue weighted by Gasteiger charge is 2.14. The standard InChI is InChI=1S/C10H6I2N4O/c11-4-1-5-6(9(17)7(4)12)8-3(2-14-16-8)10(13)15-5/h1-2,14,16H,(H2,13,15). The van der Waals surface area contributed by atoms with Crippen LogP contribution in [0.1, 0.15) is 0 Å². The maximum absolute atomic E-state index is 12.2. The Morgan fingerprint density at radius 2 is 2.12 bits per heavy atom. The second-order valence-electron chi connectivity index (χ2n) is 3.60. The van der Waals surface area contributed by atoms with Gasteiger partial charge in [0.2, 0.25) is 5.43 Å². The number of nitrogens with two attached hydrogens (primary N) is 1. The molecule has 0 bridgehead atoms. The van der Waals surface area contributed by atoms with Crippen LogP contribution >= 0.6 is 45.2 Å². The second kappa shape index (κ2) is 3.83. The summed E-state index contributed by atoms with van der Waals surface area (Å²) < 4.78 is 1.60. The zero-order valence-electron chi connectivity index (χ0n) is 8.34. The van der Waals surface area contributed by atoms with Crippen molar-refractivity contribution in [1.29, 1.82) is 0 Å². The zero-order chi connectivity index (χ0) is 12.2. The average molecular weight is 452 g/mol. The molecule has 4 N–H and O–H groups in total. The number of fused-ring (bicyclic) bond motifs is 3. The van der Waals surface area contributed by atoms with Crippen molar-refractivity contribution in [2.45, 2.75) is 0 Å². The van der Waals surface area contributed by atoms with Gasteiger partial charge in [-0.25, -0.2) is 4.98 Å². The molecule has 0 aliphatic carbocycles. The molecule has 0 aliphatic heterocycles. The van der Waals surface area contributed by atoms with Crippen LogP contribution in [0, 0.1) is 7.14 Å². The fourth-order valence-electron chi connectivity index (χ4n) is 1.83. The molecule has 17 heavy (non-hydrogen) atoms. The van der Waals surface area contributed by atoms with Gasteiger partial charge in [0.25, 0.3) is 0 Å².